The highest BCUT2D eigenvalue weighted by molar-refractivity contribution is 5.49. The van der Waals surface area contributed by atoms with Crippen molar-refractivity contribution in [1.82, 2.24) is 14.8 Å². The number of hydrogen-bond acceptors (Lipinski definition) is 4. The van der Waals surface area contributed by atoms with E-state index in [1.54, 1.807) is 19.2 Å². The van der Waals surface area contributed by atoms with Crippen molar-refractivity contribution in [1.29, 1.82) is 0 Å². The number of anilines is 1. The van der Waals surface area contributed by atoms with Gasteiger partial charge in [0.25, 0.3) is 0 Å². The number of nitrogens with zero attached hydrogens (tertiary/aromatic N) is 3. The standard InChI is InChI=1S/C12H15FN4O/c1-8-15-16-12(17(8)2)7-14-11-6-9(18-3)4-5-10(11)13/h4-6,14H,7H2,1-3H3. The van der Waals surface area contributed by atoms with Crippen LogP contribution in [0.25, 0.3) is 0 Å². The fraction of sp³-hybridized carbons (Fsp3) is 0.333. The lowest BCUT2D eigenvalue weighted by molar-refractivity contribution is 0.414. The van der Waals surface area contributed by atoms with Crippen molar-refractivity contribution in [3.8, 4) is 5.75 Å². The van der Waals surface area contributed by atoms with Gasteiger partial charge < -0.3 is 14.6 Å². The van der Waals surface area contributed by atoms with E-state index in [2.05, 4.69) is 15.5 Å². The van der Waals surface area contributed by atoms with Gasteiger partial charge in [-0.05, 0) is 19.1 Å². The van der Waals surface area contributed by atoms with Crippen molar-refractivity contribution in [3.63, 3.8) is 0 Å². The Morgan fingerprint density at radius 2 is 2.17 bits per heavy atom. The zero-order chi connectivity index (χ0) is 13.1. The van der Waals surface area contributed by atoms with Crippen LogP contribution in [-0.4, -0.2) is 21.9 Å². The van der Waals surface area contributed by atoms with E-state index in [4.69, 9.17) is 4.74 Å². The highest BCUT2D eigenvalue weighted by atomic mass is 19.1. The first-order chi connectivity index (χ1) is 8.61. The summed E-state index contributed by atoms with van der Waals surface area (Å²) in [6.07, 6.45) is 0. The maximum atomic E-state index is 13.6. The second-order valence-electron chi connectivity index (χ2n) is 3.92. The van der Waals surface area contributed by atoms with Crippen molar-refractivity contribution in [2.45, 2.75) is 13.5 Å². The molecule has 18 heavy (non-hydrogen) atoms. The third kappa shape index (κ3) is 2.42. The summed E-state index contributed by atoms with van der Waals surface area (Å²) in [4.78, 5) is 0. The predicted molar refractivity (Wildman–Crippen MR) is 66.0 cm³/mol. The quantitative estimate of drug-likeness (QED) is 0.900. The molecular weight excluding hydrogens is 235 g/mol. The van der Waals surface area contributed by atoms with Gasteiger partial charge in [-0.1, -0.05) is 0 Å². The number of aromatic nitrogens is 3. The van der Waals surface area contributed by atoms with Gasteiger partial charge in [0.15, 0.2) is 5.82 Å². The summed E-state index contributed by atoms with van der Waals surface area (Å²) < 4.78 is 20.5. The Labute approximate surface area is 105 Å². The number of ether oxygens (including phenoxy) is 1. The largest absolute Gasteiger partial charge is 0.497 e. The van der Waals surface area contributed by atoms with Crippen LogP contribution in [0.4, 0.5) is 10.1 Å². The van der Waals surface area contributed by atoms with Crippen LogP contribution >= 0.6 is 0 Å². The summed E-state index contributed by atoms with van der Waals surface area (Å²) in [6, 6.07) is 4.55. The molecule has 1 heterocycles. The van der Waals surface area contributed by atoms with Gasteiger partial charge in [-0.2, -0.15) is 0 Å². The molecule has 0 saturated carbocycles. The number of rotatable bonds is 4. The molecule has 6 heteroatoms. The molecule has 0 fully saturated rings. The Kier molecular flexibility index (Phi) is 3.45. The topological polar surface area (TPSA) is 52.0 Å². The number of nitrogens with one attached hydrogen (secondary N) is 1. The Morgan fingerprint density at radius 1 is 1.39 bits per heavy atom. The maximum absolute atomic E-state index is 13.6. The number of hydrogen-bond donors (Lipinski definition) is 1. The SMILES string of the molecule is COc1ccc(F)c(NCc2nnc(C)n2C)c1. The third-order valence-electron chi connectivity index (χ3n) is 2.79. The van der Waals surface area contributed by atoms with Crippen LogP contribution in [-0.2, 0) is 13.6 Å². The van der Waals surface area contributed by atoms with Crippen LogP contribution in [0.3, 0.4) is 0 Å². The van der Waals surface area contributed by atoms with Gasteiger partial charge in [-0.3, -0.25) is 0 Å². The van der Waals surface area contributed by atoms with Crippen molar-refractivity contribution < 1.29 is 9.13 Å². The lowest BCUT2D eigenvalue weighted by Gasteiger charge is -2.09. The number of aryl methyl sites for hydroxylation is 1. The van der Waals surface area contributed by atoms with Crippen LogP contribution in [0, 0.1) is 12.7 Å². The molecule has 0 aliphatic heterocycles. The van der Waals surface area contributed by atoms with E-state index in [1.807, 2.05) is 18.5 Å². The van der Waals surface area contributed by atoms with E-state index in [9.17, 15) is 4.39 Å². The molecule has 0 aliphatic carbocycles. The highest BCUT2D eigenvalue weighted by Crippen LogP contribution is 2.21. The summed E-state index contributed by atoms with van der Waals surface area (Å²) in [5, 5.41) is 10.9. The van der Waals surface area contributed by atoms with Gasteiger partial charge in [0.2, 0.25) is 0 Å². The van der Waals surface area contributed by atoms with Gasteiger partial charge in [0.05, 0.1) is 19.3 Å². The fourth-order valence-electron chi connectivity index (χ4n) is 1.55. The zero-order valence-corrected chi connectivity index (χ0v) is 10.6. The monoisotopic (exact) mass is 250 g/mol. The molecule has 0 spiro atoms. The summed E-state index contributed by atoms with van der Waals surface area (Å²) in [5.41, 5.74) is 0.384. The molecule has 0 unspecified atom stereocenters. The zero-order valence-electron chi connectivity index (χ0n) is 10.6. The molecular formula is C12H15FN4O. The molecule has 1 aromatic carbocycles. The molecule has 0 radical (unpaired) electrons. The minimum absolute atomic E-state index is 0.324. The molecule has 0 bridgehead atoms. The van der Waals surface area contributed by atoms with Crippen molar-refractivity contribution in [2.75, 3.05) is 12.4 Å². The Balaban J connectivity index is 2.12. The van der Waals surface area contributed by atoms with Crippen LogP contribution < -0.4 is 10.1 Å². The maximum Gasteiger partial charge on any atom is 0.152 e. The molecule has 0 saturated heterocycles. The minimum atomic E-state index is -0.324. The fourth-order valence-corrected chi connectivity index (χ4v) is 1.55. The highest BCUT2D eigenvalue weighted by Gasteiger charge is 2.07. The molecule has 0 atom stereocenters. The van der Waals surface area contributed by atoms with Crippen molar-refractivity contribution >= 4 is 5.69 Å². The summed E-state index contributed by atoms with van der Waals surface area (Å²) in [6.45, 7) is 2.27. The van der Waals surface area contributed by atoms with E-state index in [0.29, 0.717) is 18.0 Å². The Bertz CT molecular complexity index is 553. The van der Waals surface area contributed by atoms with E-state index in [-0.39, 0.29) is 5.82 Å². The van der Waals surface area contributed by atoms with E-state index in [1.165, 1.54) is 6.07 Å². The number of halogens is 1. The number of methoxy groups -OCH3 is 1. The van der Waals surface area contributed by atoms with Crippen LogP contribution in [0.15, 0.2) is 18.2 Å². The molecule has 2 aromatic rings. The molecule has 2 rings (SSSR count). The second kappa shape index (κ2) is 5.03. The molecule has 0 amide bonds. The van der Waals surface area contributed by atoms with Crippen LogP contribution in [0.1, 0.15) is 11.6 Å². The lowest BCUT2D eigenvalue weighted by Crippen LogP contribution is -2.07. The van der Waals surface area contributed by atoms with Crippen molar-refractivity contribution in [2.24, 2.45) is 7.05 Å². The average molecular weight is 250 g/mol. The third-order valence-corrected chi connectivity index (χ3v) is 2.79. The molecule has 5 nitrogen and oxygen atoms in total. The van der Waals surface area contributed by atoms with E-state index < -0.39 is 0 Å². The molecule has 1 aromatic heterocycles. The van der Waals surface area contributed by atoms with Crippen LogP contribution in [0.2, 0.25) is 0 Å². The van der Waals surface area contributed by atoms with Crippen LogP contribution in [0.5, 0.6) is 5.75 Å². The number of benzene rings is 1. The summed E-state index contributed by atoms with van der Waals surface area (Å²) >= 11 is 0. The predicted octanol–water partition coefficient (Wildman–Crippen LogP) is 1.88. The van der Waals surface area contributed by atoms with Gasteiger partial charge in [0.1, 0.15) is 17.4 Å². The van der Waals surface area contributed by atoms with E-state index in [0.717, 1.165) is 11.6 Å². The minimum Gasteiger partial charge on any atom is -0.497 e. The van der Waals surface area contributed by atoms with Gasteiger partial charge in [-0.25, -0.2) is 4.39 Å². The lowest BCUT2D eigenvalue weighted by atomic mass is 10.3. The molecule has 0 aliphatic rings. The van der Waals surface area contributed by atoms with Gasteiger partial charge in [0, 0.05) is 13.1 Å². The Hall–Kier alpha value is -2.11. The van der Waals surface area contributed by atoms with Crippen molar-refractivity contribution in [3.05, 3.63) is 35.7 Å². The smallest absolute Gasteiger partial charge is 0.152 e. The Morgan fingerprint density at radius 3 is 2.78 bits per heavy atom. The molecule has 1 N–H and O–H groups in total. The van der Waals surface area contributed by atoms with E-state index >= 15 is 0 Å². The summed E-state index contributed by atoms with van der Waals surface area (Å²) in [7, 11) is 3.41. The summed E-state index contributed by atoms with van der Waals surface area (Å²) in [5.74, 6) is 1.84. The average Bonchev–Trinajstić information content (AvgIpc) is 2.69. The van der Waals surface area contributed by atoms with Gasteiger partial charge >= 0.3 is 0 Å². The first kappa shape index (κ1) is 12.3. The second-order valence-corrected chi connectivity index (χ2v) is 3.92. The first-order valence-corrected chi connectivity index (χ1v) is 5.54. The first-order valence-electron chi connectivity index (χ1n) is 5.54. The normalized spacial score (nSPS) is 10.4. The van der Waals surface area contributed by atoms with Gasteiger partial charge in [-0.15, -0.1) is 10.2 Å². The molecule has 96 valence electrons.